The summed E-state index contributed by atoms with van der Waals surface area (Å²) >= 11 is 6.01. The summed E-state index contributed by atoms with van der Waals surface area (Å²) in [4.78, 5) is 10.0. The number of aliphatic hydroxyl groups excluding tert-OH is 1. The van der Waals surface area contributed by atoms with Crippen molar-refractivity contribution in [2.24, 2.45) is 0 Å². The van der Waals surface area contributed by atoms with E-state index in [2.05, 4.69) is 10.4 Å². The van der Waals surface area contributed by atoms with Crippen LogP contribution in [-0.2, 0) is 6.54 Å². The quantitative estimate of drug-likeness (QED) is 0.630. The summed E-state index contributed by atoms with van der Waals surface area (Å²) < 4.78 is 1.34. The van der Waals surface area contributed by atoms with Gasteiger partial charge in [0.25, 0.3) is 0 Å². The van der Waals surface area contributed by atoms with E-state index in [-0.39, 0.29) is 18.8 Å². The van der Waals surface area contributed by atoms with Crippen LogP contribution in [0.2, 0.25) is 5.02 Å². The van der Waals surface area contributed by atoms with E-state index in [9.17, 15) is 15.2 Å². The minimum Gasteiger partial charge on any atom is -0.389 e. The van der Waals surface area contributed by atoms with Crippen molar-refractivity contribution in [2.45, 2.75) is 19.6 Å². The van der Waals surface area contributed by atoms with E-state index in [4.69, 9.17) is 11.6 Å². The van der Waals surface area contributed by atoms with E-state index >= 15 is 0 Å². The second-order valence-electron chi connectivity index (χ2n) is 4.68. The number of halogens is 1. The molecule has 1 atom stereocenters. The van der Waals surface area contributed by atoms with Gasteiger partial charge in [0.2, 0.25) is 0 Å². The minimum atomic E-state index is -0.732. The molecular formula is C13H15ClN4O3. The summed E-state index contributed by atoms with van der Waals surface area (Å²) in [6.45, 7) is 2.36. The van der Waals surface area contributed by atoms with Gasteiger partial charge in [0.05, 0.1) is 17.6 Å². The van der Waals surface area contributed by atoms with Crippen LogP contribution in [0.15, 0.2) is 30.6 Å². The molecule has 7 nitrogen and oxygen atoms in total. The minimum absolute atomic E-state index is 0.0968. The Bertz CT molecular complexity index is 644. The number of nitrogens with one attached hydrogen (secondary N) is 1. The van der Waals surface area contributed by atoms with Crippen molar-refractivity contribution in [3.63, 3.8) is 0 Å². The standard InChI is InChI=1S/C13H15ClN4O3/c1-9-2-3-10(4-13(9)14)15-6-12(19)8-17-7-11(5-16-17)18(20)21/h2-5,7,12,15,19H,6,8H2,1H3. The molecule has 1 heterocycles. The zero-order valence-electron chi connectivity index (χ0n) is 11.4. The number of hydrogen-bond acceptors (Lipinski definition) is 5. The molecule has 1 unspecified atom stereocenters. The lowest BCUT2D eigenvalue weighted by Gasteiger charge is -2.13. The molecule has 0 amide bonds. The van der Waals surface area contributed by atoms with Crippen LogP contribution in [-0.4, -0.2) is 32.5 Å². The Morgan fingerprint density at radius 2 is 2.33 bits per heavy atom. The Morgan fingerprint density at radius 3 is 2.95 bits per heavy atom. The number of aryl methyl sites for hydroxylation is 1. The van der Waals surface area contributed by atoms with Crippen LogP contribution < -0.4 is 5.32 Å². The topological polar surface area (TPSA) is 93.2 Å². The number of nitro groups is 1. The predicted octanol–water partition coefficient (Wildman–Crippen LogP) is 2.23. The SMILES string of the molecule is Cc1ccc(NCC(O)Cn2cc([N+](=O)[O-])cn2)cc1Cl. The predicted molar refractivity (Wildman–Crippen MR) is 79.6 cm³/mol. The average molecular weight is 311 g/mol. The summed E-state index contributed by atoms with van der Waals surface area (Å²) in [6.07, 6.45) is 1.70. The Balaban J connectivity index is 1.87. The Labute approximate surface area is 126 Å². The van der Waals surface area contributed by atoms with Crippen LogP contribution in [0.3, 0.4) is 0 Å². The molecule has 2 aromatic rings. The smallest absolute Gasteiger partial charge is 0.306 e. The van der Waals surface area contributed by atoms with E-state index < -0.39 is 11.0 Å². The summed E-state index contributed by atoms with van der Waals surface area (Å²) in [5, 5.41) is 28.0. The third kappa shape index (κ3) is 4.17. The highest BCUT2D eigenvalue weighted by Gasteiger charge is 2.12. The molecule has 1 aromatic heterocycles. The number of aromatic nitrogens is 2. The van der Waals surface area contributed by atoms with Crippen molar-refractivity contribution in [3.8, 4) is 0 Å². The Morgan fingerprint density at radius 1 is 1.57 bits per heavy atom. The molecule has 0 fully saturated rings. The summed E-state index contributed by atoms with van der Waals surface area (Å²) in [5.74, 6) is 0. The highest BCUT2D eigenvalue weighted by molar-refractivity contribution is 6.31. The van der Waals surface area contributed by atoms with Crippen LogP contribution >= 0.6 is 11.6 Å². The van der Waals surface area contributed by atoms with Gasteiger partial charge in [-0.1, -0.05) is 17.7 Å². The van der Waals surface area contributed by atoms with Crippen molar-refractivity contribution in [1.82, 2.24) is 9.78 Å². The maximum absolute atomic E-state index is 10.5. The van der Waals surface area contributed by atoms with Crippen molar-refractivity contribution in [3.05, 3.63) is 51.3 Å². The van der Waals surface area contributed by atoms with Gasteiger partial charge in [0.1, 0.15) is 12.4 Å². The van der Waals surface area contributed by atoms with E-state index in [1.807, 2.05) is 19.1 Å². The van der Waals surface area contributed by atoms with Gasteiger partial charge in [0.15, 0.2) is 0 Å². The second-order valence-corrected chi connectivity index (χ2v) is 5.08. The molecule has 2 rings (SSSR count). The van der Waals surface area contributed by atoms with Gasteiger partial charge in [-0.25, -0.2) is 0 Å². The molecule has 0 aliphatic carbocycles. The van der Waals surface area contributed by atoms with Crippen LogP contribution in [0.4, 0.5) is 11.4 Å². The second kappa shape index (κ2) is 6.55. The molecule has 2 N–H and O–H groups in total. The van der Waals surface area contributed by atoms with Gasteiger partial charge in [-0.2, -0.15) is 5.10 Å². The molecule has 0 bridgehead atoms. The highest BCUT2D eigenvalue weighted by Crippen LogP contribution is 2.19. The van der Waals surface area contributed by atoms with Crippen molar-refractivity contribution in [1.29, 1.82) is 0 Å². The van der Waals surface area contributed by atoms with Crippen LogP contribution in [0, 0.1) is 17.0 Å². The van der Waals surface area contributed by atoms with E-state index in [0.717, 1.165) is 17.4 Å². The Kier molecular flexibility index (Phi) is 4.77. The van der Waals surface area contributed by atoms with Crippen LogP contribution in [0.1, 0.15) is 5.56 Å². The van der Waals surface area contributed by atoms with Crippen molar-refractivity contribution < 1.29 is 10.0 Å². The zero-order chi connectivity index (χ0) is 15.4. The molecule has 0 radical (unpaired) electrons. The van der Waals surface area contributed by atoms with E-state index in [0.29, 0.717) is 5.02 Å². The number of hydrogen-bond donors (Lipinski definition) is 2. The fraction of sp³-hybridized carbons (Fsp3) is 0.308. The van der Waals surface area contributed by atoms with Gasteiger partial charge in [-0.05, 0) is 24.6 Å². The molecule has 0 saturated carbocycles. The first kappa shape index (κ1) is 15.3. The normalized spacial score (nSPS) is 12.1. The van der Waals surface area contributed by atoms with Gasteiger partial charge in [0, 0.05) is 17.3 Å². The fourth-order valence-corrected chi connectivity index (χ4v) is 1.95. The largest absolute Gasteiger partial charge is 0.389 e. The van der Waals surface area contributed by atoms with Crippen LogP contribution in [0.5, 0.6) is 0 Å². The van der Waals surface area contributed by atoms with Crippen molar-refractivity contribution in [2.75, 3.05) is 11.9 Å². The molecule has 0 aliphatic heterocycles. The lowest BCUT2D eigenvalue weighted by Crippen LogP contribution is -2.25. The zero-order valence-corrected chi connectivity index (χ0v) is 12.1. The molecule has 0 aliphatic rings. The van der Waals surface area contributed by atoms with Gasteiger partial charge in [-0.15, -0.1) is 0 Å². The fourth-order valence-electron chi connectivity index (χ4n) is 1.77. The molecule has 0 saturated heterocycles. The first-order chi connectivity index (χ1) is 9.95. The highest BCUT2D eigenvalue weighted by atomic mass is 35.5. The van der Waals surface area contributed by atoms with Gasteiger partial charge >= 0.3 is 5.69 Å². The van der Waals surface area contributed by atoms with E-state index in [1.54, 1.807) is 6.07 Å². The number of rotatable bonds is 6. The first-order valence-electron chi connectivity index (χ1n) is 6.30. The molecule has 8 heteroatoms. The summed E-state index contributed by atoms with van der Waals surface area (Å²) in [7, 11) is 0. The summed E-state index contributed by atoms with van der Waals surface area (Å²) in [5.41, 5.74) is 1.68. The molecule has 21 heavy (non-hydrogen) atoms. The monoisotopic (exact) mass is 310 g/mol. The third-order valence-electron chi connectivity index (χ3n) is 2.94. The number of anilines is 1. The Hall–Kier alpha value is -2.12. The third-order valence-corrected chi connectivity index (χ3v) is 3.35. The lowest BCUT2D eigenvalue weighted by atomic mass is 10.2. The number of aliphatic hydroxyl groups is 1. The molecule has 1 aromatic carbocycles. The number of benzene rings is 1. The van der Waals surface area contributed by atoms with E-state index in [1.165, 1.54) is 10.9 Å². The number of nitrogens with zero attached hydrogens (tertiary/aromatic N) is 3. The van der Waals surface area contributed by atoms with Crippen LogP contribution in [0.25, 0.3) is 0 Å². The average Bonchev–Trinajstić information content (AvgIpc) is 2.89. The van der Waals surface area contributed by atoms with Crippen molar-refractivity contribution >= 4 is 23.0 Å². The van der Waals surface area contributed by atoms with Gasteiger partial charge < -0.3 is 10.4 Å². The molecule has 112 valence electrons. The molecule has 0 spiro atoms. The molecular weight excluding hydrogens is 296 g/mol. The maximum Gasteiger partial charge on any atom is 0.306 e. The first-order valence-corrected chi connectivity index (χ1v) is 6.68. The lowest BCUT2D eigenvalue weighted by molar-refractivity contribution is -0.385. The summed E-state index contributed by atoms with van der Waals surface area (Å²) in [6, 6.07) is 5.53. The maximum atomic E-state index is 10.5. The van der Waals surface area contributed by atoms with Gasteiger partial charge in [-0.3, -0.25) is 14.8 Å².